The lowest BCUT2D eigenvalue weighted by Gasteiger charge is -2.15. The molecular formula is C17H23NO2S. The summed E-state index contributed by atoms with van der Waals surface area (Å²) in [6, 6.07) is 8.78. The van der Waals surface area contributed by atoms with Crippen molar-refractivity contribution in [3.63, 3.8) is 0 Å². The third-order valence-electron chi connectivity index (χ3n) is 3.51. The van der Waals surface area contributed by atoms with Crippen molar-refractivity contribution < 1.29 is 9.15 Å². The Balaban J connectivity index is 2.19. The van der Waals surface area contributed by atoms with Gasteiger partial charge in [-0.25, -0.2) is 0 Å². The fraction of sp³-hybridized carbons (Fsp3) is 0.412. The largest absolute Gasteiger partial charge is 0.494 e. The minimum atomic E-state index is 0.333. The van der Waals surface area contributed by atoms with Gasteiger partial charge in [0.15, 0.2) is 0 Å². The second-order valence-electron chi connectivity index (χ2n) is 4.94. The lowest BCUT2D eigenvalue weighted by atomic mass is 10.1. The number of nitrogens with one attached hydrogen (secondary N) is 1. The predicted molar refractivity (Wildman–Crippen MR) is 88.1 cm³/mol. The van der Waals surface area contributed by atoms with E-state index < -0.39 is 0 Å². The Bertz CT molecular complexity index is 580. The van der Waals surface area contributed by atoms with Crippen molar-refractivity contribution in [2.75, 3.05) is 13.7 Å². The van der Waals surface area contributed by atoms with Crippen molar-refractivity contribution in [2.45, 2.75) is 37.5 Å². The van der Waals surface area contributed by atoms with Gasteiger partial charge < -0.3 is 14.5 Å². The van der Waals surface area contributed by atoms with Crippen molar-refractivity contribution in [2.24, 2.45) is 0 Å². The number of furan rings is 1. The van der Waals surface area contributed by atoms with Gasteiger partial charge in [0, 0.05) is 22.3 Å². The monoisotopic (exact) mass is 305 g/mol. The molecule has 4 heteroatoms. The van der Waals surface area contributed by atoms with E-state index in [0.29, 0.717) is 12.6 Å². The Kier molecular flexibility index (Phi) is 5.76. The Labute approximate surface area is 131 Å². The summed E-state index contributed by atoms with van der Waals surface area (Å²) in [5.74, 6) is 2.82. The predicted octanol–water partition coefficient (Wildman–Crippen LogP) is 4.56. The molecule has 2 rings (SSSR count). The summed E-state index contributed by atoms with van der Waals surface area (Å²) in [6.07, 6.45) is 1.74. The highest BCUT2D eigenvalue weighted by Crippen LogP contribution is 2.32. The van der Waals surface area contributed by atoms with Crippen molar-refractivity contribution in [3.05, 3.63) is 47.4 Å². The maximum absolute atomic E-state index is 5.75. The molecule has 1 unspecified atom stereocenters. The van der Waals surface area contributed by atoms with E-state index in [1.807, 2.05) is 27.0 Å². The van der Waals surface area contributed by atoms with Crippen molar-refractivity contribution in [1.82, 2.24) is 5.32 Å². The molecule has 1 aromatic heterocycles. The normalized spacial score (nSPS) is 12.4. The summed E-state index contributed by atoms with van der Waals surface area (Å²) in [4.78, 5) is 1.18. The zero-order valence-corrected chi connectivity index (χ0v) is 13.9. The number of ether oxygens (including phenoxy) is 1. The number of hydrogen-bond donors (Lipinski definition) is 1. The van der Waals surface area contributed by atoms with E-state index in [-0.39, 0.29) is 0 Å². The molecule has 1 aromatic carbocycles. The summed E-state index contributed by atoms with van der Waals surface area (Å²) >= 11 is 1.78. The van der Waals surface area contributed by atoms with Gasteiger partial charge in [-0.2, -0.15) is 0 Å². The van der Waals surface area contributed by atoms with Crippen LogP contribution in [0.15, 0.2) is 39.8 Å². The number of thioether (sulfide) groups is 1. The first kappa shape index (κ1) is 16.0. The number of hydrogen-bond acceptors (Lipinski definition) is 4. The van der Waals surface area contributed by atoms with Gasteiger partial charge in [0.05, 0.1) is 12.9 Å². The summed E-state index contributed by atoms with van der Waals surface area (Å²) in [5, 5.41) is 3.28. The molecule has 0 saturated carbocycles. The van der Waals surface area contributed by atoms with E-state index in [4.69, 9.17) is 9.15 Å². The minimum Gasteiger partial charge on any atom is -0.494 e. The quantitative estimate of drug-likeness (QED) is 0.760. The van der Waals surface area contributed by atoms with Gasteiger partial charge in [-0.15, -0.1) is 11.8 Å². The first-order valence-corrected chi connectivity index (χ1v) is 8.24. The third-order valence-corrected chi connectivity index (χ3v) is 4.70. The van der Waals surface area contributed by atoms with Crippen molar-refractivity contribution in [1.29, 1.82) is 0 Å². The van der Waals surface area contributed by atoms with Crippen LogP contribution in [0.2, 0.25) is 0 Å². The topological polar surface area (TPSA) is 34.4 Å². The van der Waals surface area contributed by atoms with Crippen LogP contribution >= 0.6 is 11.8 Å². The van der Waals surface area contributed by atoms with Crippen LogP contribution < -0.4 is 10.1 Å². The highest BCUT2D eigenvalue weighted by atomic mass is 32.2. The lowest BCUT2D eigenvalue weighted by Crippen LogP contribution is -2.12. The first-order chi connectivity index (χ1) is 10.2. The van der Waals surface area contributed by atoms with Crippen LogP contribution in [0.3, 0.4) is 0 Å². The van der Waals surface area contributed by atoms with Crippen LogP contribution in [0, 0.1) is 6.92 Å². The maximum Gasteiger partial charge on any atom is 0.123 e. The summed E-state index contributed by atoms with van der Waals surface area (Å²) in [6.45, 7) is 6.85. The molecular weight excluding hydrogens is 282 g/mol. The maximum atomic E-state index is 5.75. The van der Waals surface area contributed by atoms with E-state index in [2.05, 4.69) is 30.4 Å². The molecule has 0 aliphatic carbocycles. The molecule has 0 bridgehead atoms. The van der Waals surface area contributed by atoms with E-state index >= 15 is 0 Å². The Morgan fingerprint density at radius 3 is 2.76 bits per heavy atom. The molecule has 1 heterocycles. The molecule has 1 N–H and O–H groups in total. The van der Waals surface area contributed by atoms with Crippen LogP contribution in [0.5, 0.6) is 5.75 Å². The molecule has 3 nitrogen and oxygen atoms in total. The van der Waals surface area contributed by atoms with Crippen LogP contribution in [0.25, 0.3) is 0 Å². The second-order valence-corrected chi connectivity index (χ2v) is 5.96. The molecule has 0 aliphatic rings. The van der Waals surface area contributed by atoms with Crippen LogP contribution in [0.1, 0.15) is 36.8 Å². The summed E-state index contributed by atoms with van der Waals surface area (Å²) in [7, 11) is 1.98. The van der Waals surface area contributed by atoms with Crippen LogP contribution in [0.4, 0.5) is 0 Å². The second kappa shape index (κ2) is 7.57. The van der Waals surface area contributed by atoms with E-state index in [9.17, 15) is 0 Å². The molecule has 1 atom stereocenters. The Morgan fingerprint density at radius 2 is 2.14 bits per heavy atom. The van der Waals surface area contributed by atoms with Gasteiger partial charge in [0.25, 0.3) is 0 Å². The molecule has 0 aliphatic heterocycles. The van der Waals surface area contributed by atoms with Crippen molar-refractivity contribution >= 4 is 11.8 Å². The third kappa shape index (κ3) is 4.05. The lowest BCUT2D eigenvalue weighted by molar-refractivity contribution is 0.337. The molecule has 0 spiro atoms. The van der Waals surface area contributed by atoms with Gasteiger partial charge in [0.2, 0.25) is 0 Å². The van der Waals surface area contributed by atoms with Gasteiger partial charge in [-0.05, 0) is 51.6 Å². The van der Waals surface area contributed by atoms with Crippen LogP contribution in [-0.4, -0.2) is 13.7 Å². The van der Waals surface area contributed by atoms with E-state index in [1.54, 1.807) is 18.0 Å². The molecule has 114 valence electrons. The summed E-state index contributed by atoms with van der Waals surface area (Å²) in [5.41, 5.74) is 2.50. The average Bonchev–Trinajstić information content (AvgIpc) is 2.91. The standard InChI is InChI=1S/C17H23NO2S/c1-5-19-16-7-6-14(12(2)18-4)10-15(16)11-21-17-8-9-20-13(17)3/h6-10,12,18H,5,11H2,1-4H3. The highest BCUT2D eigenvalue weighted by molar-refractivity contribution is 7.98. The van der Waals surface area contributed by atoms with Crippen molar-refractivity contribution in [3.8, 4) is 5.75 Å². The Hall–Kier alpha value is -1.39. The van der Waals surface area contributed by atoms with Gasteiger partial charge in [-0.3, -0.25) is 0 Å². The number of rotatable bonds is 7. The van der Waals surface area contributed by atoms with Crippen LogP contribution in [-0.2, 0) is 5.75 Å². The van der Waals surface area contributed by atoms with Gasteiger partial charge in [-0.1, -0.05) is 6.07 Å². The smallest absolute Gasteiger partial charge is 0.123 e. The number of benzene rings is 1. The average molecular weight is 305 g/mol. The van der Waals surface area contributed by atoms with Gasteiger partial charge in [0.1, 0.15) is 11.5 Å². The molecule has 0 saturated heterocycles. The van der Waals surface area contributed by atoms with Gasteiger partial charge >= 0.3 is 0 Å². The zero-order valence-electron chi connectivity index (χ0n) is 13.1. The first-order valence-electron chi connectivity index (χ1n) is 7.25. The summed E-state index contributed by atoms with van der Waals surface area (Å²) < 4.78 is 11.1. The van der Waals surface area contributed by atoms with E-state index in [0.717, 1.165) is 17.3 Å². The fourth-order valence-corrected chi connectivity index (χ4v) is 3.06. The molecule has 0 radical (unpaired) electrons. The highest BCUT2D eigenvalue weighted by Gasteiger charge is 2.10. The number of aryl methyl sites for hydroxylation is 1. The zero-order chi connectivity index (χ0) is 15.2. The van der Waals surface area contributed by atoms with E-state index in [1.165, 1.54) is 16.0 Å². The molecule has 2 aromatic rings. The minimum absolute atomic E-state index is 0.333. The SMILES string of the molecule is CCOc1ccc(C(C)NC)cc1CSc1ccoc1C. The fourth-order valence-electron chi connectivity index (χ4n) is 2.12. The molecule has 0 fully saturated rings. The molecule has 21 heavy (non-hydrogen) atoms. The Morgan fingerprint density at radius 1 is 1.33 bits per heavy atom. The molecule has 0 amide bonds.